The van der Waals surface area contributed by atoms with Crippen LogP contribution in [0, 0.1) is 5.82 Å². The Bertz CT molecular complexity index is 860. The van der Waals surface area contributed by atoms with Crippen molar-refractivity contribution >= 4 is 17.3 Å². The van der Waals surface area contributed by atoms with Crippen LogP contribution in [0.15, 0.2) is 48.8 Å². The quantitative estimate of drug-likeness (QED) is 0.733. The van der Waals surface area contributed by atoms with E-state index < -0.39 is 12.4 Å². The molecule has 0 aliphatic heterocycles. The van der Waals surface area contributed by atoms with Gasteiger partial charge in [-0.05, 0) is 36.4 Å². The fourth-order valence-electron chi connectivity index (χ4n) is 2.03. The number of halogens is 3. The number of nitrogen functional groups attached to an aromatic ring is 1. The number of aromatic nitrogens is 3. The summed E-state index contributed by atoms with van der Waals surface area (Å²) < 4.78 is 42.7. The van der Waals surface area contributed by atoms with Crippen molar-refractivity contribution in [2.24, 2.45) is 0 Å². The zero-order valence-corrected chi connectivity index (χ0v) is 12.7. The number of alkyl halides is 2. The van der Waals surface area contributed by atoms with Gasteiger partial charge in [-0.1, -0.05) is 0 Å². The molecule has 3 N–H and O–H groups in total. The first-order chi connectivity index (χ1) is 12.0. The summed E-state index contributed by atoms with van der Waals surface area (Å²) in [5.74, 6) is -1.10. The van der Waals surface area contributed by atoms with Crippen LogP contribution in [0.25, 0.3) is 11.4 Å². The van der Waals surface area contributed by atoms with E-state index in [4.69, 9.17) is 5.73 Å². The van der Waals surface area contributed by atoms with Crippen molar-refractivity contribution in [3.05, 3.63) is 54.6 Å². The first kappa shape index (κ1) is 16.5. The predicted octanol–water partition coefficient (Wildman–Crippen LogP) is 3.60. The Balaban J connectivity index is 1.88. The number of rotatable bonds is 5. The third-order valence-corrected chi connectivity index (χ3v) is 3.14. The second-order valence-electron chi connectivity index (χ2n) is 4.86. The normalized spacial score (nSPS) is 10.7. The first-order valence-corrected chi connectivity index (χ1v) is 7.08. The van der Waals surface area contributed by atoms with Crippen LogP contribution in [0.2, 0.25) is 0 Å². The lowest BCUT2D eigenvalue weighted by Crippen LogP contribution is -2.06. The van der Waals surface area contributed by atoms with Crippen LogP contribution in [-0.4, -0.2) is 21.6 Å². The van der Waals surface area contributed by atoms with Crippen molar-refractivity contribution in [3.63, 3.8) is 0 Å². The minimum Gasteiger partial charge on any atom is -0.435 e. The van der Waals surface area contributed by atoms with Crippen molar-refractivity contribution in [2.75, 3.05) is 11.1 Å². The van der Waals surface area contributed by atoms with Crippen LogP contribution in [0.1, 0.15) is 0 Å². The topological polar surface area (TPSA) is 86.0 Å². The van der Waals surface area contributed by atoms with Crippen LogP contribution in [0.5, 0.6) is 5.75 Å². The summed E-state index contributed by atoms with van der Waals surface area (Å²) in [6, 6.07) is 8.92. The van der Waals surface area contributed by atoms with E-state index in [1.165, 1.54) is 30.5 Å². The largest absolute Gasteiger partial charge is 0.435 e. The van der Waals surface area contributed by atoms with Crippen LogP contribution < -0.4 is 15.8 Å². The molecule has 0 aliphatic rings. The summed E-state index contributed by atoms with van der Waals surface area (Å²) in [6.45, 7) is -2.92. The van der Waals surface area contributed by atoms with Gasteiger partial charge in [0, 0.05) is 23.6 Å². The lowest BCUT2D eigenvalue weighted by molar-refractivity contribution is -0.0498. The van der Waals surface area contributed by atoms with Gasteiger partial charge in [0.1, 0.15) is 5.75 Å². The zero-order valence-electron chi connectivity index (χ0n) is 12.7. The number of nitrogens with two attached hydrogens (primary N) is 1. The fourth-order valence-corrected chi connectivity index (χ4v) is 2.03. The highest BCUT2D eigenvalue weighted by molar-refractivity contribution is 5.65. The SMILES string of the molecule is Nc1nc(-c2cccnc2)nc(Nc2ccc(OC(F)F)cc2)c1F. The maximum atomic E-state index is 14.2. The third-order valence-electron chi connectivity index (χ3n) is 3.14. The highest BCUT2D eigenvalue weighted by atomic mass is 19.3. The molecule has 0 radical (unpaired) electrons. The molecule has 0 amide bonds. The molecule has 0 unspecified atom stereocenters. The van der Waals surface area contributed by atoms with Crippen molar-refractivity contribution in [3.8, 4) is 17.1 Å². The average molecular weight is 347 g/mol. The van der Waals surface area contributed by atoms with E-state index in [9.17, 15) is 13.2 Å². The Hall–Kier alpha value is -3.36. The predicted molar refractivity (Wildman–Crippen MR) is 86.0 cm³/mol. The Labute approximate surface area is 140 Å². The lowest BCUT2D eigenvalue weighted by atomic mass is 10.2. The van der Waals surface area contributed by atoms with E-state index in [1.54, 1.807) is 18.3 Å². The van der Waals surface area contributed by atoms with Crippen LogP contribution in [-0.2, 0) is 0 Å². The molecule has 0 bridgehead atoms. The molecule has 0 atom stereocenters. The number of anilines is 3. The third kappa shape index (κ3) is 3.94. The molecule has 3 aromatic rings. The Morgan fingerprint density at radius 1 is 1.08 bits per heavy atom. The molecule has 2 heterocycles. The van der Waals surface area contributed by atoms with Crippen molar-refractivity contribution in [1.29, 1.82) is 0 Å². The average Bonchev–Trinajstić information content (AvgIpc) is 2.60. The number of hydrogen-bond acceptors (Lipinski definition) is 6. The highest BCUT2D eigenvalue weighted by Crippen LogP contribution is 2.26. The van der Waals surface area contributed by atoms with Gasteiger partial charge in [0.2, 0.25) is 5.82 Å². The molecule has 25 heavy (non-hydrogen) atoms. The Morgan fingerprint density at radius 2 is 1.84 bits per heavy atom. The van der Waals surface area contributed by atoms with Gasteiger partial charge in [-0.3, -0.25) is 4.98 Å². The van der Waals surface area contributed by atoms with Crippen molar-refractivity contribution in [2.45, 2.75) is 6.61 Å². The Kier molecular flexibility index (Phi) is 4.64. The molecule has 0 fully saturated rings. The van der Waals surface area contributed by atoms with Crippen LogP contribution >= 0.6 is 0 Å². The summed E-state index contributed by atoms with van der Waals surface area (Å²) in [5.41, 5.74) is 6.58. The first-order valence-electron chi connectivity index (χ1n) is 7.08. The second kappa shape index (κ2) is 7.04. The number of ether oxygens (including phenoxy) is 1. The van der Waals surface area contributed by atoms with E-state index in [0.29, 0.717) is 11.3 Å². The lowest BCUT2D eigenvalue weighted by Gasteiger charge is -2.11. The van der Waals surface area contributed by atoms with Crippen molar-refractivity contribution in [1.82, 2.24) is 15.0 Å². The maximum Gasteiger partial charge on any atom is 0.387 e. The Morgan fingerprint density at radius 3 is 2.48 bits per heavy atom. The summed E-state index contributed by atoms with van der Waals surface area (Å²) >= 11 is 0. The highest BCUT2D eigenvalue weighted by Gasteiger charge is 2.14. The minimum atomic E-state index is -2.92. The number of hydrogen-bond donors (Lipinski definition) is 2. The van der Waals surface area contributed by atoms with Crippen LogP contribution in [0.3, 0.4) is 0 Å². The molecule has 2 aromatic heterocycles. The minimum absolute atomic E-state index is 0.0146. The van der Waals surface area contributed by atoms with Gasteiger partial charge in [0.15, 0.2) is 17.5 Å². The van der Waals surface area contributed by atoms with Gasteiger partial charge in [-0.25, -0.2) is 9.97 Å². The van der Waals surface area contributed by atoms with E-state index in [2.05, 4.69) is 25.0 Å². The molecule has 128 valence electrons. The second-order valence-corrected chi connectivity index (χ2v) is 4.86. The summed E-state index contributed by atoms with van der Waals surface area (Å²) in [5, 5.41) is 2.73. The number of benzene rings is 1. The van der Waals surface area contributed by atoms with Gasteiger partial charge in [0.05, 0.1) is 0 Å². The summed E-state index contributed by atoms with van der Waals surface area (Å²) in [4.78, 5) is 12.0. The summed E-state index contributed by atoms with van der Waals surface area (Å²) in [7, 11) is 0. The van der Waals surface area contributed by atoms with E-state index >= 15 is 0 Å². The molecule has 0 saturated heterocycles. The van der Waals surface area contributed by atoms with Crippen LogP contribution in [0.4, 0.5) is 30.5 Å². The summed E-state index contributed by atoms with van der Waals surface area (Å²) in [6.07, 6.45) is 3.10. The molecule has 0 aliphatic carbocycles. The molecule has 3 rings (SSSR count). The van der Waals surface area contributed by atoms with E-state index in [1.807, 2.05) is 0 Å². The van der Waals surface area contributed by atoms with Gasteiger partial charge >= 0.3 is 6.61 Å². The standard InChI is InChI=1S/C16H12F3N5O/c17-12-13(20)23-14(9-2-1-7-21-8-9)24-15(12)22-10-3-5-11(6-4-10)25-16(18)19/h1-8,16H,(H3,20,22,23,24). The number of nitrogens with zero attached hydrogens (tertiary/aromatic N) is 3. The fraction of sp³-hybridized carbons (Fsp3) is 0.0625. The van der Waals surface area contributed by atoms with E-state index in [0.717, 1.165) is 0 Å². The zero-order chi connectivity index (χ0) is 17.8. The molecule has 6 nitrogen and oxygen atoms in total. The number of nitrogens with one attached hydrogen (secondary N) is 1. The smallest absolute Gasteiger partial charge is 0.387 e. The maximum absolute atomic E-state index is 14.2. The van der Waals surface area contributed by atoms with Crippen molar-refractivity contribution < 1.29 is 17.9 Å². The number of pyridine rings is 1. The molecular weight excluding hydrogens is 335 g/mol. The molecule has 1 aromatic carbocycles. The molecule has 9 heteroatoms. The molecule has 0 saturated carbocycles. The van der Waals surface area contributed by atoms with Gasteiger partial charge in [-0.2, -0.15) is 13.2 Å². The monoisotopic (exact) mass is 347 g/mol. The van der Waals surface area contributed by atoms with E-state index in [-0.39, 0.29) is 23.2 Å². The molecule has 0 spiro atoms. The van der Waals surface area contributed by atoms with Gasteiger partial charge < -0.3 is 15.8 Å². The van der Waals surface area contributed by atoms with Gasteiger partial charge in [-0.15, -0.1) is 0 Å². The molecular formula is C16H12F3N5O. The van der Waals surface area contributed by atoms with Gasteiger partial charge in [0.25, 0.3) is 0 Å².